The van der Waals surface area contributed by atoms with Gasteiger partial charge in [-0.2, -0.15) is 0 Å². The van der Waals surface area contributed by atoms with Crippen molar-refractivity contribution in [3.8, 4) is 5.75 Å². The third kappa shape index (κ3) is 7.12. The van der Waals surface area contributed by atoms with Crippen molar-refractivity contribution < 1.29 is 23.8 Å². The standard InChI is InChI=1S/C20H21BrN2O5S/c1-3-27-19(25)13-4-7-15(8-5-13)22-20(29)23-18(24)14-6-9-17(16(21)12-14)28-11-10-26-2/h4-9,12H,3,10-11H2,1-2H3,(H2,22,23,24,29). The number of thiocarbonyl (C=S) groups is 1. The molecule has 2 aromatic carbocycles. The Bertz CT molecular complexity index is 874. The van der Waals surface area contributed by atoms with Gasteiger partial charge >= 0.3 is 5.97 Å². The molecule has 0 atom stereocenters. The Balaban J connectivity index is 1.92. The number of ether oxygens (including phenoxy) is 3. The average molecular weight is 481 g/mol. The van der Waals surface area contributed by atoms with E-state index >= 15 is 0 Å². The second kappa shape index (κ2) is 11.5. The van der Waals surface area contributed by atoms with Gasteiger partial charge in [0.25, 0.3) is 5.91 Å². The first-order chi connectivity index (χ1) is 13.9. The van der Waals surface area contributed by atoms with Gasteiger partial charge in [-0.15, -0.1) is 0 Å². The normalized spacial score (nSPS) is 10.2. The summed E-state index contributed by atoms with van der Waals surface area (Å²) in [5, 5.41) is 5.64. The maximum absolute atomic E-state index is 12.4. The fourth-order valence-corrected chi connectivity index (χ4v) is 2.94. The van der Waals surface area contributed by atoms with Crippen molar-refractivity contribution in [1.82, 2.24) is 5.32 Å². The fourth-order valence-electron chi connectivity index (χ4n) is 2.24. The van der Waals surface area contributed by atoms with Crippen molar-refractivity contribution in [1.29, 1.82) is 0 Å². The van der Waals surface area contributed by atoms with Crippen molar-refractivity contribution in [2.24, 2.45) is 0 Å². The van der Waals surface area contributed by atoms with Gasteiger partial charge in [0.2, 0.25) is 0 Å². The van der Waals surface area contributed by atoms with E-state index in [0.717, 1.165) is 0 Å². The molecular weight excluding hydrogens is 460 g/mol. The molecule has 0 aliphatic rings. The average Bonchev–Trinajstić information content (AvgIpc) is 2.70. The molecule has 0 spiro atoms. The molecule has 2 rings (SSSR count). The number of halogens is 1. The maximum atomic E-state index is 12.4. The molecule has 0 bridgehead atoms. The van der Waals surface area contributed by atoms with Crippen LogP contribution in [0.5, 0.6) is 5.75 Å². The number of amides is 1. The van der Waals surface area contributed by atoms with Gasteiger partial charge in [-0.25, -0.2) is 4.79 Å². The van der Waals surface area contributed by atoms with Crippen LogP contribution in [-0.2, 0) is 9.47 Å². The van der Waals surface area contributed by atoms with E-state index < -0.39 is 5.97 Å². The van der Waals surface area contributed by atoms with Crippen molar-refractivity contribution in [3.63, 3.8) is 0 Å². The number of hydrogen-bond donors (Lipinski definition) is 2. The van der Waals surface area contributed by atoms with Crippen molar-refractivity contribution in [2.75, 3.05) is 32.2 Å². The van der Waals surface area contributed by atoms with Crippen LogP contribution < -0.4 is 15.4 Å². The molecule has 154 valence electrons. The molecule has 1 amide bonds. The van der Waals surface area contributed by atoms with Gasteiger partial charge in [-0.1, -0.05) is 0 Å². The number of benzene rings is 2. The van der Waals surface area contributed by atoms with Gasteiger partial charge in [-0.05, 0) is 77.5 Å². The minimum absolute atomic E-state index is 0.135. The number of carbonyl (C=O) groups is 2. The molecule has 0 aliphatic carbocycles. The zero-order chi connectivity index (χ0) is 21.2. The molecule has 0 radical (unpaired) electrons. The summed E-state index contributed by atoms with van der Waals surface area (Å²) in [6.07, 6.45) is 0. The number of esters is 1. The molecule has 2 aromatic rings. The molecule has 7 nitrogen and oxygen atoms in total. The molecule has 0 aromatic heterocycles. The number of nitrogens with one attached hydrogen (secondary N) is 2. The topological polar surface area (TPSA) is 85.9 Å². The lowest BCUT2D eigenvalue weighted by Gasteiger charge is -2.12. The summed E-state index contributed by atoms with van der Waals surface area (Å²) in [7, 11) is 1.59. The van der Waals surface area contributed by atoms with Gasteiger partial charge in [0.1, 0.15) is 12.4 Å². The molecule has 0 aliphatic heterocycles. The zero-order valence-electron chi connectivity index (χ0n) is 16.0. The van der Waals surface area contributed by atoms with E-state index in [0.29, 0.717) is 46.9 Å². The van der Waals surface area contributed by atoms with Crippen LogP contribution in [0.4, 0.5) is 5.69 Å². The first kappa shape index (κ1) is 22.8. The van der Waals surface area contributed by atoms with E-state index in [1.807, 2.05) is 0 Å². The zero-order valence-corrected chi connectivity index (χ0v) is 18.4. The SMILES string of the molecule is CCOC(=O)c1ccc(NC(=S)NC(=O)c2ccc(OCCOC)c(Br)c2)cc1. The highest BCUT2D eigenvalue weighted by atomic mass is 79.9. The van der Waals surface area contributed by atoms with E-state index in [9.17, 15) is 9.59 Å². The van der Waals surface area contributed by atoms with Gasteiger partial charge < -0.3 is 19.5 Å². The largest absolute Gasteiger partial charge is 0.490 e. The summed E-state index contributed by atoms with van der Waals surface area (Å²) in [6.45, 7) is 2.93. The Morgan fingerprint density at radius 1 is 1.07 bits per heavy atom. The van der Waals surface area contributed by atoms with Gasteiger partial charge in [0.05, 0.1) is 23.2 Å². The van der Waals surface area contributed by atoms with Crippen LogP contribution in [0.1, 0.15) is 27.6 Å². The molecule has 9 heteroatoms. The quantitative estimate of drug-likeness (QED) is 0.337. The highest BCUT2D eigenvalue weighted by molar-refractivity contribution is 9.10. The number of hydrogen-bond acceptors (Lipinski definition) is 6. The molecule has 29 heavy (non-hydrogen) atoms. The lowest BCUT2D eigenvalue weighted by atomic mass is 10.2. The number of rotatable bonds is 8. The van der Waals surface area contributed by atoms with Gasteiger partial charge in [0.15, 0.2) is 5.11 Å². The lowest BCUT2D eigenvalue weighted by Crippen LogP contribution is -2.34. The van der Waals surface area contributed by atoms with Crippen molar-refractivity contribution in [3.05, 3.63) is 58.1 Å². The summed E-state index contributed by atoms with van der Waals surface area (Å²) >= 11 is 8.57. The maximum Gasteiger partial charge on any atom is 0.338 e. The van der Waals surface area contributed by atoms with Gasteiger partial charge in [-0.3, -0.25) is 10.1 Å². The highest BCUT2D eigenvalue weighted by Gasteiger charge is 2.12. The fraction of sp³-hybridized carbons (Fsp3) is 0.250. The number of anilines is 1. The third-order valence-electron chi connectivity index (χ3n) is 3.62. The molecule has 0 saturated carbocycles. The van der Waals surface area contributed by atoms with Crippen LogP contribution >= 0.6 is 28.1 Å². The molecular formula is C20H21BrN2O5S. The van der Waals surface area contributed by atoms with Crippen LogP contribution in [0.15, 0.2) is 46.9 Å². The van der Waals surface area contributed by atoms with Crippen LogP contribution in [-0.4, -0.2) is 43.9 Å². The summed E-state index contributed by atoms with van der Waals surface area (Å²) in [5.41, 5.74) is 1.48. The monoisotopic (exact) mass is 480 g/mol. The van der Waals surface area contributed by atoms with Crippen LogP contribution in [0.2, 0.25) is 0 Å². The van der Waals surface area contributed by atoms with Crippen molar-refractivity contribution >= 4 is 50.8 Å². The first-order valence-corrected chi connectivity index (χ1v) is 9.95. The molecule has 0 fully saturated rings. The van der Waals surface area contributed by atoms with E-state index in [4.69, 9.17) is 26.4 Å². The highest BCUT2D eigenvalue weighted by Crippen LogP contribution is 2.26. The Morgan fingerprint density at radius 2 is 1.76 bits per heavy atom. The van der Waals surface area contributed by atoms with Crippen LogP contribution in [0.3, 0.4) is 0 Å². The first-order valence-electron chi connectivity index (χ1n) is 8.75. The Hall–Kier alpha value is -2.49. The smallest absolute Gasteiger partial charge is 0.338 e. The predicted octanol–water partition coefficient (Wildman–Crippen LogP) is 3.78. The van der Waals surface area contributed by atoms with Gasteiger partial charge in [0, 0.05) is 18.4 Å². The summed E-state index contributed by atoms with van der Waals surface area (Å²) in [6, 6.07) is 11.6. The van der Waals surface area contributed by atoms with E-state index in [1.54, 1.807) is 56.5 Å². The second-order valence-electron chi connectivity index (χ2n) is 5.69. The van der Waals surface area contributed by atoms with E-state index in [-0.39, 0.29) is 11.0 Å². The minimum Gasteiger partial charge on any atom is -0.490 e. The van der Waals surface area contributed by atoms with E-state index in [1.165, 1.54) is 0 Å². The second-order valence-corrected chi connectivity index (χ2v) is 6.96. The number of methoxy groups -OCH3 is 1. The molecule has 0 saturated heterocycles. The molecule has 2 N–H and O–H groups in total. The third-order valence-corrected chi connectivity index (χ3v) is 4.44. The summed E-state index contributed by atoms with van der Waals surface area (Å²) < 4.78 is 16.1. The molecule has 0 heterocycles. The number of carbonyl (C=O) groups excluding carboxylic acids is 2. The minimum atomic E-state index is -0.393. The summed E-state index contributed by atoms with van der Waals surface area (Å²) in [4.78, 5) is 24.1. The van der Waals surface area contributed by atoms with E-state index in [2.05, 4.69) is 26.6 Å². The Morgan fingerprint density at radius 3 is 2.38 bits per heavy atom. The summed E-state index contributed by atoms with van der Waals surface area (Å²) in [5.74, 6) is -0.147. The lowest BCUT2D eigenvalue weighted by molar-refractivity contribution is 0.0526. The predicted molar refractivity (Wildman–Crippen MR) is 118 cm³/mol. The van der Waals surface area contributed by atoms with Crippen LogP contribution in [0, 0.1) is 0 Å². The van der Waals surface area contributed by atoms with Crippen LogP contribution in [0.25, 0.3) is 0 Å². The Labute approximate surface area is 182 Å². The Kier molecular flexibility index (Phi) is 9.04. The van der Waals surface area contributed by atoms with Crippen molar-refractivity contribution in [2.45, 2.75) is 6.92 Å². The molecule has 0 unspecified atom stereocenters.